The van der Waals surface area contributed by atoms with E-state index in [1.807, 2.05) is 6.92 Å². The summed E-state index contributed by atoms with van der Waals surface area (Å²) >= 11 is 0. The second-order valence-corrected chi connectivity index (χ2v) is 7.35. The van der Waals surface area contributed by atoms with Crippen LogP contribution in [0.15, 0.2) is 18.5 Å². The average Bonchev–Trinajstić information content (AvgIpc) is 3.03. The summed E-state index contributed by atoms with van der Waals surface area (Å²) in [5.74, 6) is 2.13. The standard InChI is InChI=1S/C12H13F3N4.C7H12FN/c1-2-3-10-17-6-9(19-10)7-4-8(12(13,14)15)11(16)18-5-7;8-1-2-9-4-6-3-7(6)5-9/h4-6H,2-3H2,1H3,(H2,16,18)(H,17,19);6-7H,1-5H2. The van der Waals surface area contributed by atoms with E-state index < -0.39 is 17.6 Å². The molecule has 3 N–H and O–H groups in total. The number of halogens is 4. The zero-order valence-electron chi connectivity index (χ0n) is 15.8. The molecule has 1 saturated carbocycles. The van der Waals surface area contributed by atoms with Gasteiger partial charge in [-0.1, -0.05) is 6.92 Å². The minimum absolute atomic E-state index is 0.167. The Balaban J connectivity index is 0.000000206. The fraction of sp³-hybridized carbons (Fsp3) is 0.579. The summed E-state index contributed by atoms with van der Waals surface area (Å²) in [7, 11) is 0. The molecule has 4 rings (SSSR count). The van der Waals surface area contributed by atoms with Crippen LogP contribution in [0.1, 0.15) is 31.2 Å². The van der Waals surface area contributed by atoms with Gasteiger partial charge < -0.3 is 15.6 Å². The SMILES string of the molecule is CCCc1ncc(-c2cnc(N)c(C(F)(F)F)c2)[nH]1.FCCN1CC2CC2C1. The number of aromatic amines is 1. The van der Waals surface area contributed by atoms with Gasteiger partial charge in [-0.3, -0.25) is 0 Å². The van der Waals surface area contributed by atoms with Gasteiger partial charge in [-0.15, -0.1) is 0 Å². The van der Waals surface area contributed by atoms with Gasteiger partial charge in [0.05, 0.1) is 17.5 Å². The van der Waals surface area contributed by atoms with Crippen LogP contribution in [-0.4, -0.2) is 46.2 Å². The lowest BCUT2D eigenvalue weighted by Crippen LogP contribution is -2.24. The highest BCUT2D eigenvalue weighted by Crippen LogP contribution is 2.44. The first kappa shape index (κ1) is 20.6. The normalized spacial score (nSPS) is 21.2. The summed E-state index contributed by atoms with van der Waals surface area (Å²) in [4.78, 5) is 12.9. The minimum Gasteiger partial charge on any atom is -0.383 e. The predicted octanol–water partition coefficient (Wildman–Crippen LogP) is 3.93. The molecule has 3 heterocycles. The number of piperidine rings is 1. The molecule has 0 bridgehead atoms. The maximum absolute atomic E-state index is 12.7. The molecule has 0 aromatic carbocycles. The number of aryl methyl sites for hydroxylation is 1. The fourth-order valence-corrected chi connectivity index (χ4v) is 3.52. The lowest BCUT2D eigenvalue weighted by atomic mass is 10.1. The van der Waals surface area contributed by atoms with E-state index in [1.54, 1.807) is 0 Å². The minimum atomic E-state index is -4.51. The first-order valence-corrected chi connectivity index (χ1v) is 9.47. The van der Waals surface area contributed by atoms with Crippen molar-refractivity contribution in [2.75, 3.05) is 32.0 Å². The Kier molecular flexibility index (Phi) is 6.22. The number of H-pyrrole nitrogens is 1. The molecule has 2 aliphatic rings. The van der Waals surface area contributed by atoms with E-state index >= 15 is 0 Å². The van der Waals surface area contributed by atoms with Crippen LogP contribution in [0.4, 0.5) is 23.4 Å². The summed E-state index contributed by atoms with van der Waals surface area (Å²) in [6, 6.07) is 0.978. The van der Waals surface area contributed by atoms with Crippen molar-refractivity contribution in [3.8, 4) is 11.3 Å². The Hall–Kier alpha value is -2.16. The Bertz CT molecular complexity index is 779. The number of alkyl halides is 4. The number of hydrogen-bond donors (Lipinski definition) is 2. The zero-order valence-corrected chi connectivity index (χ0v) is 15.8. The molecule has 2 aromatic heterocycles. The number of likely N-dealkylation sites (tertiary alicyclic amines) is 1. The van der Waals surface area contributed by atoms with Crippen molar-refractivity contribution in [3.05, 3.63) is 29.8 Å². The first-order valence-electron chi connectivity index (χ1n) is 9.47. The molecule has 2 fully saturated rings. The van der Waals surface area contributed by atoms with Crippen molar-refractivity contribution >= 4 is 5.82 Å². The van der Waals surface area contributed by atoms with Crippen molar-refractivity contribution in [1.82, 2.24) is 19.9 Å². The highest BCUT2D eigenvalue weighted by atomic mass is 19.4. The van der Waals surface area contributed by atoms with Crippen molar-refractivity contribution in [2.24, 2.45) is 11.8 Å². The number of fused-ring (bicyclic) bond motifs is 1. The van der Waals surface area contributed by atoms with Crippen LogP contribution in [0.2, 0.25) is 0 Å². The quantitative estimate of drug-likeness (QED) is 0.748. The molecule has 0 spiro atoms. The number of nitrogen functional groups attached to an aromatic ring is 1. The van der Waals surface area contributed by atoms with E-state index in [2.05, 4.69) is 19.9 Å². The maximum atomic E-state index is 12.7. The lowest BCUT2D eigenvalue weighted by molar-refractivity contribution is -0.137. The van der Waals surface area contributed by atoms with Gasteiger partial charge in [0.15, 0.2) is 0 Å². The number of nitrogens with zero attached hydrogens (tertiary/aromatic N) is 3. The number of rotatable bonds is 5. The number of nitrogens with two attached hydrogens (primary N) is 1. The highest BCUT2D eigenvalue weighted by molar-refractivity contribution is 5.61. The molecule has 154 valence electrons. The van der Waals surface area contributed by atoms with Gasteiger partial charge in [0, 0.05) is 37.8 Å². The summed E-state index contributed by atoms with van der Waals surface area (Å²) in [6.45, 7) is 4.85. The molecule has 2 unspecified atom stereocenters. The van der Waals surface area contributed by atoms with Crippen LogP contribution in [0, 0.1) is 11.8 Å². The van der Waals surface area contributed by atoms with Crippen LogP contribution < -0.4 is 5.73 Å². The van der Waals surface area contributed by atoms with Crippen molar-refractivity contribution in [2.45, 2.75) is 32.4 Å². The number of nitrogens with one attached hydrogen (secondary N) is 1. The predicted molar refractivity (Wildman–Crippen MR) is 99.2 cm³/mol. The zero-order chi connectivity index (χ0) is 20.3. The molecular weight excluding hydrogens is 374 g/mol. The Morgan fingerprint density at radius 3 is 2.54 bits per heavy atom. The van der Waals surface area contributed by atoms with Crippen LogP contribution in [0.5, 0.6) is 0 Å². The fourth-order valence-electron chi connectivity index (χ4n) is 3.52. The number of anilines is 1. The number of imidazole rings is 1. The average molecular weight is 399 g/mol. The van der Waals surface area contributed by atoms with Crippen molar-refractivity contribution in [3.63, 3.8) is 0 Å². The van der Waals surface area contributed by atoms with Crippen LogP contribution in [0.3, 0.4) is 0 Å². The van der Waals surface area contributed by atoms with Crippen LogP contribution >= 0.6 is 0 Å². The molecule has 2 aromatic rings. The molecule has 1 aliphatic heterocycles. The van der Waals surface area contributed by atoms with Crippen LogP contribution in [0.25, 0.3) is 11.3 Å². The third-order valence-electron chi connectivity index (χ3n) is 5.11. The number of hydrogen-bond acceptors (Lipinski definition) is 4. The summed E-state index contributed by atoms with van der Waals surface area (Å²) in [5, 5.41) is 0. The molecule has 2 atom stereocenters. The van der Waals surface area contributed by atoms with Gasteiger partial charge in [-0.25, -0.2) is 14.4 Å². The van der Waals surface area contributed by atoms with E-state index in [1.165, 1.54) is 31.9 Å². The Labute approximate surface area is 161 Å². The summed E-state index contributed by atoms with van der Waals surface area (Å²) in [5.41, 5.74) is 5.13. The van der Waals surface area contributed by atoms with Gasteiger partial charge in [0.25, 0.3) is 0 Å². The van der Waals surface area contributed by atoms with E-state index in [0.717, 1.165) is 36.6 Å². The molecule has 0 radical (unpaired) electrons. The smallest absolute Gasteiger partial charge is 0.383 e. The molecule has 5 nitrogen and oxygen atoms in total. The molecular formula is C19H25F4N5. The molecule has 9 heteroatoms. The van der Waals surface area contributed by atoms with Crippen LogP contribution in [-0.2, 0) is 12.6 Å². The second-order valence-electron chi connectivity index (χ2n) is 7.35. The molecule has 1 saturated heterocycles. The Morgan fingerprint density at radius 1 is 1.21 bits per heavy atom. The molecule has 28 heavy (non-hydrogen) atoms. The van der Waals surface area contributed by atoms with Gasteiger partial charge in [-0.2, -0.15) is 13.2 Å². The summed E-state index contributed by atoms with van der Waals surface area (Å²) in [6.07, 6.45) is 1.35. The Morgan fingerprint density at radius 2 is 1.93 bits per heavy atom. The van der Waals surface area contributed by atoms with Gasteiger partial charge in [-0.05, 0) is 30.7 Å². The largest absolute Gasteiger partial charge is 0.419 e. The van der Waals surface area contributed by atoms with E-state index in [4.69, 9.17) is 5.73 Å². The lowest BCUT2D eigenvalue weighted by Gasteiger charge is -2.13. The van der Waals surface area contributed by atoms with Gasteiger partial charge in [0.2, 0.25) is 0 Å². The third kappa shape index (κ3) is 5.01. The highest BCUT2D eigenvalue weighted by Gasteiger charge is 2.44. The van der Waals surface area contributed by atoms with Crippen molar-refractivity contribution in [1.29, 1.82) is 0 Å². The van der Waals surface area contributed by atoms with E-state index in [9.17, 15) is 17.6 Å². The monoisotopic (exact) mass is 399 g/mol. The molecule has 0 amide bonds. The second kappa shape index (κ2) is 8.46. The maximum Gasteiger partial charge on any atom is 0.419 e. The summed E-state index contributed by atoms with van der Waals surface area (Å²) < 4.78 is 49.9. The topological polar surface area (TPSA) is 70.8 Å². The van der Waals surface area contributed by atoms with Gasteiger partial charge in [0.1, 0.15) is 18.3 Å². The van der Waals surface area contributed by atoms with E-state index in [0.29, 0.717) is 17.8 Å². The number of aromatic nitrogens is 3. The first-order chi connectivity index (χ1) is 13.3. The van der Waals surface area contributed by atoms with Gasteiger partial charge >= 0.3 is 6.18 Å². The van der Waals surface area contributed by atoms with Crippen molar-refractivity contribution < 1.29 is 17.6 Å². The third-order valence-corrected chi connectivity index (χ3v) is 5.11. The molecule has 1 aliphatic carbocycles. The van der Waals surface area contributed by atoms with E-state index in [-0.39, 0.29) is 6.67 Å². The number of pyridine rings is 1.